The highest BCUT2D eigenvalue weighted by atomic mass is 127. The third kappa shape index (κ3) is 5.42. The number of hydrogen-bond donors (Lipinski definition) is 1. The van der Waals surface area contributed by atoms with Crippen molar-refractivity contribution in [2.45, 2.75) is 19.5 Å². The number of rotatable bonds is 7. The number of nitrogens with one attached hydrogen (secondary N) is 1. The minimum atomic E-state index is -0.757. The fourth-order valence-electron chi connectivity index (χ4n) is 2.36. The zero-order valence-electron chi connectivity index (χ0n) is 14.5. The van der Waals surface area contributed by atoms with Crippen LogP contribution in [0.2, 0.25) is 0 Å². The van der Waals surface area contributed by atoms with E-state index < -0.39 is 17.8 Å². The quantitative estimate of drug-likeness (QED) is 0.634. The van der Waals surface area contributed by atoms with Gasteiger partial charge >= 0.3 is 0 Å². The number of benzene rings is 2. The van der Waals surface area contributed by atoms with Crippen LogP contribution in [0.1, 0.15) is 12.5 Å². The molecule has 138 valence electrons. The molecule has 2 amide bonds. The van der Waals surface area contributed by atoms with E-state index in [1.807, 2.05) is 12.1 Å². The smallest absolute Gasteiger partial charge is 0.261 e. The van der Waals surface area contributed by atoms with E-state index in [2.05, 4.69) is 27.9 Å². The van der Waals surface area contributed by atoms with Crippen LogP contribution in [0, 0.1) is 9.39 Å². The van der Waals surface area contributed by atoms with Gasteiger partial charge in [-0.2, -0.15) is 0 Å². The minimum Gasteiger partial charge on any atom is -0.484 e. The summed E-state index contributed by atoms with van der Waals surface area (Å²) in [6.07, 6.45) is 0. The van der Waals surface area contributed by atoms with E-state index in [1.165, 1.54) is 18.0 Å². The summed E-state index contributed by atoms with van der Waals surface area (Å²) < 4.78 is 20.5. The molecular formula is C19H20FIN2O3. The monoisotopic (exact) mass is 470 g/mol. The van der Waals surface area contributed by atoms with Gasteiger partial charge in [0.15, 0.2) is 6.61 Å². The molecule has 0 spiro atoms. The van der Waals surface area contributed by atoms with E-state index in [0.717, 1.165) is 3.57 Å². The molecule has 5 nitrogen and oxygen atoms in total. The van der Waals surface area contributed by atoms with Crippen molar-refractivity contribution in [1.82, 2.24) is 10.2 Å². The molecule has 26 heavy (non-hydrogen) atoms. The second-order valence-corrected chi connectivity index (χ2v) is 6.89. The van der Waals surface area contributed by atoms with E-state index in [1.54, 1.807) is 37.3 Å². The lowest BCUT2D eigenvalue weighted by Crippen LogP contribution is -2.48. The van der Waals surface area contributed by atoms with Gasteiger partial charge in [0.1, 0.15) is 17.6 Å². The molecule has 0 aliphatic rings. The number of amides is 2. The fraction of sp³-hybridized carbons (Fsp3) is 0.263. The lowest BCUT2D eigenvalue weighted by Gasteiger charge is -2.28. The van der Waals surface area contributed by atoms with Crippen molar-refractivity contribution in [2.75, 3.05) is 13.7 Å². The predicted molar refractivity (Wildman–Crippen MR) is 105 cm³/mol. The maximum Gasteiger partial charge on any atom is 0.261 e. The first-order valence-electron chi connectivity index (χ1n) is 8.05. The summed E-state index contributed by atoms with van der Waals surface area (Å²) in [7, 11) is 1.49. The number of likely N-dealkylation sites (N-methyl/N-ethyl adjacent to an activating group) is 1. The number of hydrogen-bond acceptors (Lipinski definition) is 3. The number of ether oxygens (including phenoxy) is 1. The van der Waals surface area contributed by atoms with E-state index in [-0.39, 0.29) is 19.1 Å². The average molecular weight is 470 g/mol. The Labute approximate surface area is 165 Å². The largest absolute Gasteiger partial charge is 0.484 e. The summed E-state index contributed by atoms with van der Waals surface area (Å²) in [6.45, 7) is 1.34. The van der Waals surface area contributed by atoms with Gasteiger partial charge < -0.3 is 15.0 Å². The molecule has 2 aromatic rings. The Hall–Kier alpha value is -2.16. The van der Waals surface area contributed by atoms with Crippen molar-refractivity contribution in [3.8, 4) is 5.75 Å². The number of nitrogens with zero attached hydrogens (tertiary/aromatic N) is 1. The number of carbonyl (C=O) groups excluding carboxylic acids is 2. The third-order valence-corrected chi connectivity index (χ3v) is 4.61. The van der Waals surface area contributed by atoms with Crippen LogP contribution in [0.5, 0.6) is 5.75 Å². The fourth-order valence-corrected chi connectivity index (χ4v) is 2.72. The number of halogens is 2. The molecule has 0 saturated heterocycles. The van der Waals surface area contributed by atoms with Gasteiger partial charge in [-0.3, -0.25) is 9.59 Å². The van der Waals surface area contributed by atoms with Crippen LogP contribution in [-0.2, 0) is 16.1 Å². The molecule has 0 radical (unpaired) electrons. The predicted octanol–water partition coefficient (Wildman–Crippen LogP) is 2.97. The molecular weight excluding hydrogens is 450 g/mol. The summed E-state index contributed by atoms with van der Waals surface area (Å²) in [5.74, 6) is -0.600. The first-order chi connectivity index (χ1) is 12.4. The maximum absolute atomic E-state index is 14.0. The van der Waals surface area contributed by atoms with Gasteiger partial charge in [0.05, 0.1) is 0 Å². The molecule has 2 rings (SSSR count). The van der Waals surface area contributed by atoms with Crippen molar-refractivity contribution >= 4 is 34.4 Å². The molecule has 0 aliphatic carbocycles. The molecule has 1 atom stereocenters. The second-order valence-electron chi connectivity index (χ2n) is 5.65. The van der Waals surface area contributed by atoms with Gasteiger partial charge in [-0.1, -0.05) is 18.2 Å². The number of carbonyl (C=O) groups is 2. The van der Waals surface area contributed by atoms with Crippen LogP contribution in [0.4, 0.5) is 4.39 Å². The molecule has 0 aromatic heterocycles. The Morgan fingerprint density at radius 2 is 1.85 bits per heavy atom. The summed E-state index contributed by atoms with van der Waals surface area (Å²) in [6, 6.07) is 12.7. The van der Waals surface area contributed by atoms with Gasteiger partial charge in [0, 0.05) is 22.7 Å². The lowest BCUT2D eigenvalue weighted by molar-refractivity contribution is -0.142. The second kappa shape index (κ2) is 9.51. The van der Waals surface area contributed by atoms with Crippen LogP contribution in [0.3, 0.4) is 0 Å². The molecule has 0 aliphatic heterocycles. The minimum absolute atomic E-state index is 0.0177. The molecule has 0 bridgehead atoms. The molecule has 0 saturated carbocycles. The van der Waals surface area contributed by atoms with Gasteiger partial charge in [-0.05, 0) is 59.8 Å². The Morgan fingerprint density at radius 1 is 1.19 bits per heavy atom. The Morgan fingerprint density at radius 3 is 2.46 bits per heavy atom. The topological polar surface area (TPSA) is 58.6 Å². The van der Waals surface area contributed by atoms with Crippen LogP contribution >= 0.6 is 22.6 Å². The molecule has 0 heterocycles. The highest BCUT2D eigenvalue weighted by Crippen LogP contribution is 2.16. The van der Waals surface area contributed by atoms with Crippen LogP contribution in [0.15, 0.2) is 48.5 Å². The summed E-state index contributed by atoms with van der Waals surface area (Å²) in [5, 5.41) is 2.51. The van der Waals surface area contributed by atoms with Crippen molar-refractivity contribution in [2.24, 2.45) is 0 Å². The Kier molecular flexibility index (Phi) is 7.38. The van der Waals surface area contributed by atoms with Gasteiger partial charge in [0.2, 0.25) is 5.91 Å². The zero-order valence-corrected chi connectivity index (χ0v) is 16.7. The van der Waals surface area contributed by atoms with Gasteiger partial charge in [-0.15, -0.1) is 0 Å². The Bertz CT molecular complexity index is 768. The summed E-state index contributed by atoms with van der Waals surface area (Å²) >= 11 is 2.17. The van der Waals surface area contributed by atoms with Crippen LogP contribution in [-0.4, -0.2) is 36.4 Å². The molecule has 7 heteroatoms. The molecule has 0 fully saturated rings. The SMILES string of the molecule is CNC(=O)C(C)N(Cc1ccccc1F)C(=O)COc1ccc(I)cc1. The molecule has 1 unspecified atom stereocenters. The van der Waals surface area contributed by atoms with Crippen molar-refractivity contribution in [3.05, 3.63) is 63.5 Å². The van der Waals surface area contributed by atoms with Crippen molar-refractivity contribution in [3.63, 3.8) is 0 Å². The lowest BCUT2D eigenvalue weighted by atomic mass is 10.1. The average Bonchev–Trinajstić information content (AvgIpc) is 2.65. The zero-order chi connectivity index (χ0) is 19.1. The maximum atomic E-state index is 14.0. The normalized spacial score (nSPS) is 11.5. The first kappa shape index (κ1) is 20.2. The molecule has 2 aromatic carbocycles. The van der Waals surface area contributed by atoms with Crippen molar-refractivity contribution < 1.29 is 18.7 Å². The van der Waals surface area contributed by atoms with Crippen molar-refractivity contribution in [1.29, 1.82) is 0 Å². The first-order valence-corrected chi connectivity index (χ1v) is 9.13. The van der Waals surface area contributed by atoms with E-state index in [9.17, 15) is 14.0 Å². The summed E-state index contributed by atoms with van der Waals surface area (Å²) in [5.41, 5.74) is 0.339. The van der Waals surface area contributed by atoms with E-state index in [4.69, 9.17) is 4.74 Å². The van der Waals surface area contributed by atoms with Gasteiger partial charge in [-0.25, -0.2) is 4.39 Å². The van der Waals surface area contributed by atoms with Crippen LogP contribution < -0.4 is 10.1 Å². The third-order valence-electron chi connectivity index (χ3n) is 3.89. The summed E-state index contributed by atoms with van der Waals surface area (Å²) in [4.78, 5) is 26.0. The van der Waals surface area contributed by atoms with E-state index >= 15 is 0 Å². The van der Waals surface area contributed by atoms with Gasteiger partial charge in [0.25, 0.3) is 5.91 Å². The highest BCUT2D eigenvalue weighted by Gasteiger charge is 2.26. The van der Waals surface area contributed by atoms with Crippen LogP contribution in [0.25, 0.3) is 0 Å². The highest BCUT2D eigenvalue weighted by molar-refractivity contribution is 14.1. The Balaban J connectivity index is 2.13. The van der Waals surface area contributed by atoms with E-state index in [0.29, 0.717) is 11.3 Å². The molecule has 1 N–H and O–H groups in total. The standard InChI is InChI=1S/C19H20FIN2O3/c1-13(19(25)22-2)23(11-14-5-3-4-6-17(14)20)18(24)12-26-16-9-7-15(21)8-10-16/h3-10,13H,11-12H2,1-2H3,(H,22,25).